The van der Waals surface area contributed by atoms with Gasteiger partial charge >= 0.3 is 0 Å². The summed E-state index contributed by atoms with van der Waals surface area (Å²) in [5.74, 6) is 0.187. The summed E-state index contributed by atoms with van der Waals surface area (Å²) >= 11 is 5.61. The Morgan fingerprint density at radius 1 is 0.737 bits per heavy atom. The van der Waals surface area contributed by atoms with Crippen LogP contribution in [0.25, 0.3) is 0 Å². The van der Waals surface area contributed by atoms with Gasteiger partial charge in [0.25, 0.3) is 0 Å². The van der Waals surface area contributed by atoms with E-state index < -0.39 is 0 Å². The molecule has 0 unspecified atom stereocenters. The number of hydrogen-bond donors (Lipinski definition) is 0. The molecular weight excluding hydrogens is 260 g/mol. The molecule has 0 aliphatic carbocycles. The summed E-state index contributed by atoms with van der Waals surface area (Å²) in [6.45, 7) is 3.10. The van der Waals surface area contributed by atoms with Gasteiger partial charge in [-0.1, -0.05) is 41.9 Å². The predicted molar refractivity (Wildman–Crippen MR) is 77.9 cm³/mol. The van der Waals surface area contributed by atoms with E-state index in [9.17, 15) is 9.59 Å². The smallest absolute Gasteiger partial charge is 0.159 e. The minimum atomic E-state index is 0.0664. The monoisotopic (exact) mass is 274 g/mol. The van der Waals surface area contributed by atoms with Gasteiger partial charge in [0.1, 0.15) is 0 Å². The van der Waals surface area contributed by atoms with Gasteiger partial charge in [0, 0.05) is 16.1 Å². The van der Waals surface area contributed by atoms with Gasteiger partial charge in [-0.3, -0.25) is 9.59 Å². The molecule has 0 N–H and O–H groups in total. The van der Waals surface area contributed by atoms with Crippen LogP contribution in [0.3, 0.4) is 0 Å². The highest BCUT2D eigenvalue weighted by molar-refractivity contribution is 6.30. The number of halogens is 1. The van der Waals surface area contributed by atoms with Crippen molar-refractivity contribution in [2.45, 2.75) is 13.8 Å². The number of hydrogen-bond acceptors (Lipinski definition) is 2. The molecule has 2 rings (SSSR count). The zero-order valence-electron chi connectivity index (χ0n) is 10.9. The Morgan fingerprint density at radius 3 is 1.53 bits per heavy atom. The Kier molecular flexibility index (Phi) is 5.97. The zero-order valence-corrected chi connectivity index (χ0v) is 11.6. The third-order valence-electron chi connectivity index (χ3n) is 2.43. The summed E-state index contributed by atoms with van der Waals surface area (Å²) in [5.41, 5.74) is 1.47. The minimum absolute atomic E-state index is 0.0664. The summed E-state index contributed by atoms with van der Waals surface area (Å²) < 4.78 is 0. The SMILES string of the molecule is CC(=O)c1ccc(Cl)cc1.CC(=O)c1ccccc1. The fourth-order valence-corrected chi connectivity index (χ4v) is 1.48. The molecular formula is C16H15ClO2. The molecule has 0 aromatic heterocycles. The van der Waals surface area contributed by atoms with Crippen LogP contribution in [0, 0.1) is 0 Å². The molecule has 98 valence electrons. The molecule has 0 atom stereocenters. The minimum Gasteiger partial charge on any atom is -0.295 e. The molecule has 0 spiro atoms. The number of benzene rings is 2. The number of ketones is 2. The summed E-state index contributed by atoms with van der Waals surface area (Å²) in [5, 5.41) is 0.657. The molecule has 3 heteroatoms. The van der Waals surface area contributed by atoms with Crippen LogP contribution in [0.15, 0.2) is 54.6 Å². The molecule has 2 aromatic rings. The number of carbonyl (C=O) groups is 2. The van der Waals surface area contributed by atoms with Gasteiger partial charge in [0.2, 0.25) is 0 Å². The maximum Gasteiger partial charge on any atom is 0.159 e. The average molecular weight is 275 g/mol. The first-order valence-electron chi connectivity index (χ1n) is 5.83. The van der Waals surface area contributed by atoms with Crippen LogP contribution in [-0.2, 0) is 0 Å². The van der Waals surface area contributed by atoms with Crippen molar-refractivity contribution in [1.29, 1.82) is 0 Å². The summed E-state index contributed by atoms with van der Waals surface area (Å²) in [6, 6.07) is 16.1. The lowest BCUT2D eigenvalue weighted by Gasteiger charge is -1.92. The maximum atomic E-state index is 10.7. The van der Waals surface area contributed by atoms with E-state index in [1.807, 2.05) is 30.3 Å². The Labute approximate surface area is 118 Å². The Morgan fingerprint density at radius 2 is 1.16 bits per heavy atom. The van der Waals surface area contributed by atoms with E-state index in [0.29, 0.717) is 10.6 Å². The van der Waals surface area contributed by atoms with Gasteiger partial charge in [0.05, 0.1) is 0 Å². The molecule has 0 heterocycles. The van der Waals surface area contributed by atoms with Gasteiger partial charge in [-0.25, -0.2) is 0 Å². The van der Waals surface area contributed by atoms with Crippen LogP contribution in [0.2, 0.25) is 5.02 Å². The predicted octanol–water partition coefficient (Wildman–Crippen LogP) is 4.43. The first-order chi connectivity index (χ1) is 9.00. The van der Waals surface area contributed by atoms with E-state index in [1.54, 1.807) is 31.2 Å². The molecule has 0 aliphatic heterocycles. The average Bonchev–Trinajstić information content (AvgIpc) is 2.41. The van der Waals surface area contributed by atoms with Crippen molar-refractivity contribution in [3.63, 3.8) is 0 Å². The number of rotatable bonds is 2. The van der Waals surface area contributed by atoms with E-state index >= 15 is 0 Å². The maximum absolute atomic E-state index is 10.7. The van der Waals surface area contributed by atoms with Crippen molar-refractivity contribution in [1.82, 2.24) is 0 Å². The fraction of sp³-hybridized carbons (Fsp3) is 0.125. The van der Waals surface area contributed by atoms with Gasteiger partial charge in [0.15, 0.2) is 11.6 Å². The highest BCUT2D eigenvalue weighted by Gasteiger charge is 1.95. The molecule has 19 heavy (non-hydrogen) atoms. The normalized spacial score (nSPS) is 9.21. The van der Waals surface area contributed by atoms with Crippen LogP contribution in [0.4, 0.5) is 0 Å². The molecule has 0 aliphatic rings. The van der Waals surface area contributed by atoms with Crippen molar-refractivity contribution in [2.75, 3.05) is 0 Å². The second-order valence-corrected chi connectivity index (χ2v) is 4.42. The quantitative estimate of drug-likeness (QED) is 0.759. The largest absolute Gasteiger partial charge is 0.295 e. The molecule has 2 aromatic carbocycles. The lowest BCUT2D eigenvalue weighted by Crippen LogP contribution is -1.89. The molecule has 0 radical (unpaired) electrons. The Bertz CT molecular complexity index is 545. The first-order valence-corrected chi connectivity index (χ1v) is 6.21. The lowest BCUT2D eigenvalue weighted by atomic mass is 10.2. The third-order valence-corrected chi connectivity index (χ3v) is 2.68. The fourth-order valence-electron chi connectivity index (χ4n) is 1.36. The Hall–Kier alpha value is -1.93. The van der Waals surface area contributed by atoms with Gasteiger partial charge in [-0.2, -0.15) is 0 Å². The van der Waals surface area contributed by atoms with Gasteiger partial charge < -0.3 is 0 Å². The van der Waals surface area contributed by atoms with E-state index in [2.05, 4.69) is 0 Å². The second-order valence-electron chi connectivity index (χ2n) is 3.99. The van der Waals surface area contributed by atoms with Crippen molar-refractivity contribution >= 4 is 23.2 Å². The summed E-state index contributed by atoms with van der Waals surface area (Å²) in [7, 11) is 0. The van der Waals surface area contributed by atoms with E-state index in [1.165, 1.54) is 6.92 Å². The molecule has 0 saturated carbocycles. The number of carbonyl (C=O) groups excluding carboxylic acids is 2. The Balaban J connectivity index is 0.000000191. The number of Topliss-reactive ketones (excluding diaryl/α,β-unsaturated/α-hetero) is 2. The van der Waals surface area contributed by atoms with Gasteiger partial charge in [-0.05, 0) is 38.1 Å². The topological polar surface area (TPSA) is 34.1 Å². The summed E-state index contributed by atoms with van der Waals surface area (Å²) in [6.07, 6.45) is 0. The van der Waals surface area contributed by atoms with Crippen LogP contribution in [0.1, 0.15) is 34.6 Å². The first kappa shape index (κ1) is 15.1. The van der Waals surface area contributed by atoms with Crippen molar-refractivity contribution in [3.05, 3.63) is 70.7 Å². The van der Waals surface area contributed by atoms with E-state index in [-0.39, 0.29) is 11.6 Å². The molecule has 0 bridgehead atoms. The molecule has 0 amide bonds. The van der Waals surface area contributed by atoms with Crippen LogP contribution < -0.4 is 0 Å². The summed E-state index contributed by atoms with van der Waals surface area (Å²) in [4.78, 5) is 21.4. The van der Waals surface area contributed by atoms with Crippen molar-refractivity contribution in [2.24, 2.45) is 0 Å². The van der Waals surface area contributed by atoms with Gasteiger partial charge in [-0.15, -0.1) is 0 Å². The highest BCUT2D eigenvalue weighted by atomic mass is 35.5. The van der Waals surface area contributed by atoms with Crippen LogP contribution in [-0.4, -0.2) is 11.6 Å². The molecule has 0 saturated heterocycles. The van der Waals surface area contributed by atoms with E-state index in [4.69, 9.17) is 11.6 Å². The van der Waals surface area contributed by atoms with Crippen LogP contribution >= 0.6 is 11.6 Å². The van der Waals surface area contributed by atoms with Crippen molar-refractivity contribution in [3.8, 4) is 0 Å². The second kappa shape index (κ2) is 7.49. The highest BCUT2D eigenvalue weighted by Crippen LogP contribution is 2.09. The van der Waals surface area contributed by atoms with Crippen LogP contribution in [0.5, 0.6) is 0 Å². The zero-order chi connectivity index (χ0) is 14.3. The molecule has 0 fully saturated rings. The van der Waals surface area contributed by atoms with E-state index in [0.717, 1.165) is 5.56 Å². The lowest BCUT2D eigenvalue weighted by molar-refractivity contribution is 0.100. The van der Waals surface area contributed by atoms with Crippen molar-refractivity contribution < 1.29 is 9.59 Å². The standard InChI is InChI=1S/C8H7ClO.C8H8O/c1-6(10)7-2-4-8(9)5-3-7;1-7(9)8-5-3-2-4-6-8/h2-5H,1H3;2-6H,1H3. The molecule has 2 nitrogen and oxygen atoms in total. The third kappa shape index (κ3) is 5.49.